The Bertz CT molecular complexity index is 782. The third-order valence-electron chi connectivity index (χ3n) is 7.68. The molecule has 1 nitrogen and oxygen atoms in total. The molecule has 0 spiro atoms. The molecule has 2 aliphatic carbocycles. The Kier molecular flexibility index (Phi) is 6.23. The van der Waals surface area contributed by atoms with Crippen LogP contribution < -0.4 is 0 Å². The third-order valence-corrected chi connectivity index (χ3v) is 7.68. The van der Waals surface area contributed by atoms with Crippen molar-refractivity contribution in [2.45, 2.75) is 83.5 Å². The van der Waals surface area contributed by atoms with Gasteiger partial charge in [-0.3, -0.25) is 0 Å². The maximum Gasteiger partial charge on any atom is 0.131 e. The number of phenols is 1. The van der Waals surface area contributed by atoms with E-state index >= 15 is 0 Å². The van der Waals surface area contributed by atoms with E-state index in [1.54, 1.807) is 12.1 Å². The molecule has 0 radical (unpaired) electrons. The summed E-state index contributed by atoms with van der Waals surface area (Å²) >= 11 is 0. The molecule has 1 N–H and O–H groups in total. The quantitative estimate of drug-likeness (QED) is 0.556. The minimum Gasteiger partial charge on any atom is -0.508 e. The van der Waals surface area contributed by atoms with Gasteiger partial charge in [-0.05, 0) is 91.3 Å². The molecule has 4 rings (SSSR count). The molecule has 28 heavy (non-hydrogen) atoms. The number of unbranched alkanes of at least 4 members (excludes halogenated alkanes) is 1. The summed E-state index contributed by atoms with van der Waals surface area (Å²) in [5.41, 5.74) is 1.15. The zero-order valence-electron chi connectivity index (χ0n) is 17.3. The average molecular weight is 383 g/mol. The van der Waals surface area contributed by atoms with Crippen LogP contribution in [0.2, 0.25) is 0 Å². The number of phenolic OH excluding ortho intramolecular Hbond substituents is 1. The molecule has 0 aliphatic heterocycles. The summed E-state index contributed by atoms with van der Waals surface area (Å²) in [7, 11) is 0. The van der Waals surface area contributed by atoms with Crippen LogP contribution in [0.15, 0.2) is 30.3 Å². The van der Waals surface area contributed by atoms with Gasteiger partial charge >= 0.3 is 0 Å². The van der Waals surface area contributed by atoms with Crippen molar-refractivity contribution >= 4 is 10.8 Å². The molecule has 2 saturated carbocycles. The number of fused-ring (bicyclic) bond motifs is 1. The topological polar surface area (TPSA) is 20.2 Å². The van der Waals surface area contributed by atoms with E-state index < -0.39 is 0 Å². The summed E-state index contributed by atoms with van der Waals surface area (Å²) in [6, 6.07) is 8.87. The van der Waals surface area contributed by atoms with Crippen molar-refractivity contribution in [2.75, 3.05) is 0 Å². The van der Waals surface area contributed by atoms with Crippen molar-refractivity contribution in [3.63, 3.8) is 0 Å². The van der Waals surface area contributed by atoms with Crippen molar-refractivity contribution in [1.82, 2.24) is 0 Å². The van der Waals surface area contributed by atoms with Gasteiger partial charge in [0.15, 0.2) is 0 Å². The first-order chi connectivity index (χ1) is 13.6. The Morgan fingerprint density at radius 2 is 1.57 bits per heavy atom. The maximum atomic E-state index is 14.6. The van der Waals surface area contributed by atoms with Crippen LogP contribution in [0, 0.1) is 23.6 Å². The highest BCUT2D eigenvalue weighted by molar-refractivity contribution is 5.85. The Morgan fingerprint density at radius 1 is 0.893 bits per heavy atom. The molecule has 2 aliphatic rings. The summed E-state index contributed by atoms with van der Waals surface area (Å²) < 4.78 is 14.6. The minimum atomic E-state index is -0.198. The number of aromatic hydroxyl groups is 1. The second-order valence-electron chi connectivity index (χ2n) is 9.44. The van der Waals surface area contributed by atoms with Gasteiger partial charge in [0.25, 0.3) is 0 Å². The van der Waals surface area contributed by atoms with Crippen LogP contribution in [0.4, 0.5) is 4.39 Å². The Labute approximate surface area is 169 Å². The number of benzene rings is 2. The summed E-state index contributed by atoms with van der Waals surface area (Å²) in [6.45, 7) is 2.30. The molecule has 0 bridgehead atoms. The first kappa shape index (κ1) is 19.7. The molecule has 2 heteroatoms. The maximum absolute atomic E-state index is 14.6. The van der Waals surface area contributed by atoms with Crippen molar-refractivity contribution in [3.05, 3.63) is 41.7 Å². The predicted octanol–water partition coefficient (Wildman–Crippen LogP) is 7.95. The van der Waals surface area contributed by atoms with Gasteiger partial charge in [-0.15, -0.1) is 0 Å². The van der Waals surface area contributed by atoms with Gasteiger partial charge in [-0.25, -0.2) is 4.39 Å². The SMILES string of the molecule is CCCCC1CCC(C2CCC(c3cc(F)c4cc(O)ccc4c3)CC2)CC1. The normalized spacial score (nSPS) is 28.5. The molecule has 0 unspecified atom stereocenters. The van der Waals surface area contributed by atoms with Gasteiger partial charge in [0, 0.05) is 5.39 Å². The molecular weight excluding hydrogens is 347 g/mol. The van der Waals surface area contributed by atoms with Gasteiger partial charge in [0.05, 0.1) is 0 Å². The summed E-state index contributed by atoms with van der Waals surface area (Å²) in [6.07, 6.45) is 15.0. The lowest BCUT2D eigenvalue weighted by atomic mass is 9.68. The van der Waals surface area contributed by atoms with E-state index in [9.17, 15) is 9.50 Å². The molecule has 0 atom stereocenters. The van der Waals surface area contributed by atoms with E-state index in [4.69, 9.17) is 0 Å². The molecule has 0 aromatic heterocycles. The molecule has 0 heterocycles. The largest absolute Gasteiger partial charge is 0.508 e. The molecular formula is C26H35FO. The first-order valence-corrected chi connectivity index (χ1v) is 11.6. The number of rotatable bonds is 5. The zero-order valence-corrected chi connectivity index (χ0v) is 17.3. The smallest absolute Gasteiger partial charge is 0.131 e. The number of halogens is 1. The van der Waals surface area contributed by atoms with Gasteiger partial charge in [0.2, 0.25) is 0 Å². The Morgan fingerprint density at radius 3 is 2.25 bits per heavy atom. The van der Waals surface area contributed by atoms with Crippen LogP contribution in [0.25, 0.3) is 10.8 Å². The molecule has 152 valence electrons. The van der Waals surface area contributed by atoms with Crippen molar-refractivity contribution < 1.29 is 9.50 Å². The molecule has 2 fully saturated rings. The lowest BCUT2D eigenvalue weighted by molar-refractivity contribution is 0.156. The van der Waals surface area contributed by atoms with Crippen molar-refractivity contribution in [2.24, 2.45) is 17.8 Å². The zero-order chi connectivity index (χ0) is 19.5. The van der Waals surface area contributed by atoms with E-state index in [0.29, 0.717) is 11.3 Å². The predicted molar refractivity (Wildman–Crippen MR) is 115 cm³/mol. The molecule has 2 aromatic carbocycles. The highest BCUT2D eigenvalue weighted by Crippen LogP contribution is 2.45. The monoisotopic (exact) mass is 382 g/mol. The molecule has 2 aromatic rings. The van der Waals surface area contributed by atoms with Crippen LogP contribution in [-0.2, 0) is 0 Å². The second-order valence-corrected chi connectivity index (χ2v) is 9.44. The van der Waals surface area contributed by atoms with Crippen LogP contribution in [0.1, 0.15) is 89.0 Å². The van der Waals surface area contributed by atoms with E-state index in [1.807, 2.05) is 6.07 Å². The lowest BCUT2D eigenvalue weighted by Crippen LogP contribution is -2.25. The van der Waals surface area contributed by atoms with Crippen LogP contribution >= 0.6 is 0 Å². The lowest BCUT2D eigenvalue weighted by Gasteiger charge is -2.38. The fourth-order valence-electron chi connectivity index (χ4n) is 5.92. The van der Waals surface area contributed by atoms with E-state index in [0.717, 1.165) is 28.7 Å². The molecule has 0 saturated heterocycles. The number of hydrogen-bond donors (Lipinski definition) is 1. The summed E-state index contributed by atoms with van der Waals surface area (Å²) in [5.74, 6) is 3.25. The summed E-state index contributed by atoms with van der Waals surface area (Å²) in [4.78, 5) is 0. The standard InChI is InChI=1S/C26H35FO/c1-2-3-4-18-5-7-19(8-6-18)20-9-11-21(12-10-20)23-15-22-13-14-24(28)17-25(22)26(27)16-23/h13-21,28H,2-12H2,1H3. The van der Waals surface area contributed by atoms with E-state index in [2.05, 4.69) is 13.0 Å². The Hall–Kier alpha value is -1.57. The van der Waals surface area contributed by atoms with Crippen molar-refractivity contribution in [1.29, 1.82) is 0 Å². The fourth-order valence-corrected chi connectivity index (χ4v) is 5.92. The first-order valence-electron chi connectivity index (χ1n) is 11.6. The van der Waals surface area contributed by atoms with Gasteiger partial charge in [-0.2, -0.15) is 0 Å². The highest BCUT2D eigenvalue weighted by atomic mass is 19.1. The highest BCUT2D eigenvalue weighted by Gasteiger charge is 2.31. The summed E-state index contributed by atoms with van der Waals surface area (Å²) in [5, 5.41) is 11.0. The van der Waals surface area contributed by atoms with Crippen LogP contribution in [0.5, 0.6) is 5.75 Å². The van der Waals surface area contributed by atoms with E-state index in [-0.39, 0.29) is 11.6 Å². The van der Waals surface area contributed by atoms with Crippen LogP contribution in [0.3, 0.4) is 0 Å². The van der Waals surface area contributed by atoms with Gasteiger partial charge in [0.1, 0.15) is 11.6 Å². The number of hydrogen-bond acceptors (Lipinski definition) is 1. The van der Waals surface area contributed by atoms with Crippen LogP contribution in [-0.4, -0.2) is 5.11 Å². The Balaban J connectivity index is 1.34. The minimum absolute atomic E-state index is 0.129. The fraction of sp³-hybridized carbons (Fsp3) is 0.615. The second kappa shape index (κ2) is 8.84. The van der Waals surface area contributed by atoms with Gasteiger partial charge < -0.3 is 5.11 Å². The van der Waals surface area contributed by atoms with Gasteiger partial charge in [-0.1, -0.05) is 51.2 Å². The molecule has 0 amide bonds. The van der Waals surface area contributed by atoms with E-state index in [1.165, 1.54) is 76.7 Å². The third kappa shape index (κ3) is 4.36. The average Bonchev–Trinajstić information content (AvgIpc) is 2.73. The van der Waals surface area contributed by atoms with Crippen molar-refractivity contribution in [3.8, 4) is 5.75 Å².